The van der Waals surface area contributed by atoms with E-state index in [9.17, 15) is 4.79 Å². The molecule has 1 aromatic heterocycles. The molecule has 19 heavy (non-hydrogen) atoms. The standard InChI is InChI=1S/C13H20N4O.ClH/c18-13(12-8-14-9-12)16-6-2-11(3-7-16)10-17-5-1-4-15-17;/h1,4-5,11-12,14H,2-3,6-10H2;1H. The molecule has 5 nitrogen and oxygen atoms in total. The molecule has 1 aromatic rings. The maximum Gasteiger partial charge on any atom is 0.228 e. The number of aromatic nitrogens is 2. The van der Waals surface area contributed by atoms with Crippen LogP contribution in [0.5, 0.6) is 0 Å². The molecule has 0 unspecified atom stereocenters. The second kappa shape index (κ2) is 6.39. The third kappa shape index (κ3) is 3.28. The molecule has 106 valence electrons. The van der Waals surface area contributed by atoms with Crippen molar-refractivity contribution in [2.24, 2.45) is 11.8 Å². The first-order valence-electron chi connectivity index (χ1n) is 6.80. The first kappa shape index (κ1) is 14.3. The molecule has 2 saturated heterocycles. The predicted molar refractivity (Wildman–Crippen MR) is 75.1 cm³/mol. The van der Waals surface area contributed by atoms with E-state index in [4.69, 9.17) is 0 Å². The number of nitrogens with one attached hydrogen (secondary N) is 1. The van der Waals surface area contributed by atoms with Crippen molar-refractivity contribution in [3.05, 3.63) is 18.5 Å². The van der Waals surface area contributed by atoms with Gasteiger partial charge in [-0.05, 0) is 24.8 Å². The highest BCUT2D eigenvalue weighted by molar-refractivity contribution is 5.85. The average molecular weight is 285 g/mol. The fourth-order valence-corrected chi connectivity index (χ4v) is 2.73. The maximum atomic E-state index is 12.1. The molecular formula is C13H21ClN4O. The molecule has 0 radical (unpaired) electrons. The molecule has 0 atom stereocenters. The quantitative estimate of drug-likeness (QED) is 0.892. The van der Waals surface area contributed by atoms with E-state index in [-0.39, 0.29) is 18.3 Å². The lowest BCUT2D eigenvalue weighted by atomic mass is 9.94. The molecule has 0 spiro atoms. The van der Waals surface area contributed by atoms with Gasteiger partial charge in [0.25, 0.3) is 0 Å². The molecule has 0 bridgehead atoms. The number of nitrogens with zero attached hydrogens (tertiary/aromatic N) is 3. The Morgan fingerprint density at radius 2 is 2.05 bits per heavy atom. The summed E-state index contributed by atoms with van der Waals surface area (Å²) < 4.78 is 2.00. The molecule has 2 aliphatic heterocycles. The lowest BCUT2D eigenvalue weighted by Crippen LogP contribution is -2.53. The zero-order chi connectivity index (χ0) is 12.4. The lowest BCUT2D eigenvalue weighted by molar-refractivity contribution is -0.138. The van der Waals surface area contributed by atoms with Crippen molar-refractivity contribution in [2.45, 2.75) is 19.4 Å². The van der Waals surface area contributed by atoms with Gasteiger partial charge in [-0.3, -0.25) is 9.48 Å². The molecule has 0 aliphatic carbocycles. The van der Waals surface area contributed by atoms with E-state index < -0.39 is 0 Å². The smallest absolute Gasteiger partial charge is 0.228 e. The number of amides is 1. The number of hydrogen-bond acceptors (Lipinski definition) is 3. The van der Waals surface area contributed by atoms with Crippen molar-refractivity contribution in [3.63, 3.8) is 0 Å². The van der Waals surface area contributed by atoms with E-state index in [2.05, 4.69) is 10.4 Å². The van der Waals surface area contributed by atoms with Gasteiger partial charge in [0.1, 0.15) is 0 Å². The van der Waals surface area contributed by atoms with Crippen LogP contribution < -0.4 is 5.32 Å². The molecule has 3 heterocycles. The molecule has 0 aromatic carbocycles. The van der Waals surface area contributed by atoms with Gasteiger partial charge in [0.15, 0.2) is 0 Å². The number of carbonyl (C=O) groups excluding carboxylic acids is 1. The van der Waals surface area contributed by atoms with Crippen LogP contribution in [0.1, 0.15) is 12.8 Å². The Balaban J connectivity index is 0.00000133. The first-order valence-corrected chi connectivity index (χ1v) is 6.80. The fourth-order valence-electron chi connectivity index (χ4n) is 2.73. The third-order valence-electron chi connectivity index (χ3n) is 4.06. The highest BCUT2D eigenvalue weighted by Gasteiger charge is 2.31. The summed E-state index contributed by atoms with van der Waals surface area (Å²) in [5.41, 5.74) is 0. The van der Waals surface area contributed by atoms with E-state index in [1.807, 2.05) is 28.0 Å². The molecule has 6 heteroatoms. The lowest BCUT2D eigenvalue weighted by Gasteiger charge is -2.36. The zero-order valence-corrected chi connectivity index (χ0v) is 11.8. The average Bonchev–Trinajstić information content (AvgIpc) is 2.80. The van der Waals surface area contributed by atoms with E-state index in [1.165, 1.54) is 0 Å². The third-order valence-corrected chi connectivity index (χ3v) is 4.06. The monoisotopic (exact) mass is 284 g/mol. The summed E-state index contributed by atoms with van der Waals surface area (Å²) in [7, 11) is 0. The van der Waals surface area contributed by atoms with Crippen LogP contribution in [-0.4, -0.2) is 46.8 Å². The van der Waals surface area contributed by atoms with E-state index >= 15 is 0 Å². The van der Waals surface area contributed by atoms with Crippen LogP contribution in [0.4, 0.5) is 0 Å². The molecule has 0 saturated carbocycles. The van der Waals surface area contributed by atoms with Gasteiger partial charge in [0.2, 0.25) is 5.91 Å². The van der Waals surface area contributed by atoms with Gasteiger partial charge in [-0.1, -0.05) is 0 Å². The molecule has 1 N–H and O–H groups in total. The fraction of sp³-hybridized carbons (Fsp3) is 0.692. The minimum atomic E-state index is 0. The van der Waals surface area contributed by atoms with Crippen LogP contribution in [0.15, 0.2) is 18.5 Å². The molecule has 2 aliphatic rings. The van der Waals surface area contributed by atoms with Crippen LogP contribution >= 0.6 is 12.4 Å². The Kier molecular flexibility index (Phi) is 4.82. The number of hydrogen-bond donors (Lipinski definition) is 1. The van der Waals surface area contributed by atoms with Crippen molar-refractivity contribution in [1.82, 2.24) is 20.0 Å². The number of halogens is 1. The second-order valence-electron chi connectivity index (χ2n) is 5.35. The number of rotatable bonds is 3. The highest BCUT2D eigenvalue weighted by Crippen LogP contribution is 2.21. The summed E-state index contributed by atoms with van der Waals surface area (Å²) in [6.07, 6.45) is 6.04. The van der Waals surface area contributed by atoms with Gasteiger partial charge in [-0.25, -0.2) is 0 Å². The minimum Gasteiger partial charge on any atom is -0.342 e. The van der Waals surface area contributed by atoms with Crippen molar-refractivity contribution in [2.75, 3.05) is 26.2 Å². The van der Waals surface area contributed by atoms with Crippen LogP contribution in [0, 0.1) is 11.8 Å². The second-order valence-corrected chi connectivity index (χ2v) is 5.35. The highest BCUT2D eigenvalue weighted by atomic mass is 35.5. The van der Waals surface area contributed by atoms with Crippen molar-refractivity contribution in [3.8, 4) is 0 Å². The SMILES string of the molecule is Cl.O=C(C1CNC1)N1CCC(Cn2cccn2)CC1. The summed E-state index contributed by atoms with van der Waals surface area (Å²) in [6.45, 7) is 4.56. The van der Waals surface area contributed by atoms with Gasteiger partial charge in [-0.15, -0.1) is 12.4 Å². The van der Waals surface area contributed by atoms with E-state index in [1.54, 1.807) is 0 Å². The first-order chi connectivity index (χ1) is 8.83. The van der Waals surface area contributed by atoms with Gasteiger partial charge in [0, 0.05) is 45.1 Å². The van der Waals surface area contributed by atoms with E-state index in [0.717, 1.165) is 45.6 Å². The maximum absolute atomic E-state index is 12.1. The number of carbonyl (C=O) groups is 1. The summed E-state index contributed by atoms with van der Waals surface area (Å²) in [5.74, 6) is 1.26. The summed E-state index contributed by atoms with van der Waals surface area (Å²) >= 11 is 0. The van der Waals surface area contributed by atoms with Crippen LogP contribution in [-0.2, 0) is 11.3 Å². The Bertz CT molecular complexity index is 397. The van der Waals surface area contributed by atoms with Gasteiger partial charge >= 0.3 is 0 Å². The van der Waals surface area contributed by atoms with E-state index in [0.29, 0.717) is 11.8 Å². The predicted octanol–water partition coefficient (Wildman–Crippen LogP) is 0.763. The van der Waals surface area contributed by atoms with Gasteiger partial charge in [0.05, 0.1) is 5.92 Å². The zero-order valence-electron chi connectivity index (χ0n) is 11.0. The van der Waals surface area contributed by atoms with Crippen LogP contribution in [0.2, 0.25) is 0 Å². The Hall–Kier alpha value is -1.07. The van der Waals surface area contributed by atoms with Crippen LogP contribution in [0.25, 0.3) is 0 Å². The normalized spacial score (nSPS) is 20.7. The number of likely N-dealkylation sites (tertiary alicyclic amines) is 1. The number of piperidine rings is 1. The van der Waals surface area contributed by atoms with Gasteiger partial charge in [-0.2, -0.15) is 5.10 Å². The van der Waals surface area contributed by atoms with Crippen molar-refractivity contribution < 1.29 is 4.79 Å². The van der Waals surface area contributed by atoms with Crippen molar-refractivity contribution >= 4 is 18.3 Å². The van der Waals surface area contributed by atoms with Crippen LogP contribution in [0.3, 0.4) is 0 Å². The largest absolute Gasteiger partial charge is 0.342 e. The summed E-state index contributed by atoms with van der Waals surface area (Å²) in [6, 6.07) is 1.96. The topological polar surface area (TPSA) is 50.2 Å². The van der Waals surface area contributed by atoms with Gasteiger partial charge < -0.3 is 10.2 Å². The molecular weight excluding hydrogens is 264 g/mol. The molecule has 2 fully saturated rings. The molecule has 1 amide bonds. The Morgan fingerprint density at radius 3 is 2.58 bits per heavy atom. The minimum absolute atomic E-state index is 0. The van der Waals surface area contributed by atoms with Crippen molar-refractivity contribution in [1.29, 1.82) is 0 Å². The summed E-state index contributed by atoms with van der Waals surface area (Å²) in [4.78, 5) is 14.1. The Morgan fingerprint density at radius 1 is 1.32 bits per heavy atom. The molecule has 3 rings (SSSR count). The summed E-state index contributed by atoms with van der Waals surface area (Å²) in [5, 5.41) is 7.40. The Labute approximate surface area is 119 Å².